The molecule has 1 atom stereocenters. The molecule has 0 aromatic carbocycles. The molecule has 2 fully saturated rings. The second-order valence-electron chi connectivity index (χ2n) is 7.01. The minimum Gasteiger partial charge on any atom is -0.341 e. The SMILES string of the molecule is O=C(CCC1CCNC1)Nc1ncn(CC(=O)N2CCCCCC2)n1. The van der Waals surface area contributed by atoms with Crippen molar-refractivity contribution in [2.45, 2.75) is 51.5 Å². The van der Waals surface area contributed by atoms with E-state index in [-0.39, 0.29) is 24.3 Å². The van der Waals surface area contributed by atoms with E-state index < -0.39 is 0 Å². The van der Waals surface area contributed by atoms with Gasteiger partial charge in [-0.1, -0.05) is 12.8 Å². The van der Waals surface area contributed by atoms with Crippen LogP contribution < -0.4 is 10.6 Å². The van der Waals surface area contributed by atoms with Gasteiger partial charge in [0.1, 0.15) is 12.9 Å². The molecule has 8 heteroatoms. The van der Waals surface area contributed by atoms with Gasteiger partial charge in [0.25, 0.3) is 0 Å². The molecule has 138 valence electrons. The zero-order valence-corrected chi connectivity index (χ0v) is 14.7. The van der Waals surface area contributed by atoms with Crippen LogP contribution in [0.4, 0.5) is 5.95 Å². The normalized spacial score (nSPS) is 21.1. The fraction of sp³-hybridized carbons (Fsp3) is 0.765. The average Bonchev–Trinajstić information content (AvgIpc) is 3.18. The van der Waals surface area contributed by atoms with Crippen LogP contribution >= 0.6 is 0 Å². The maximum absolute atomic E-state index is 12.3. The smallest absolute Gasteiger partial charge is 0.248 e. The molecule has 0 saturated carbocycles. The van der Waals surface area contributed by atoms with Gasteiger partial charge in [0, 0.05) is 19.5 Å². The molecular formula is C17H28N6O2. The number of hydrogen-bond donors (Lipinski definition) is 2. The molecule has 2 N–H and O–H groups in total. The minimum atomic E-state index is -0.0662. The van der Waals surface area contributed by atoms with E-state index in [9.17, 15) is 9.59 Å². The summed E-state index contributed by atoms with van der Waals surface area (Å²) in [6.07, 6.45) is 8.54. The largest absolute Gasteiger partial charge is 0.341 e. The summed E-state index contributed by atoms with van der Waals surface area (Å²) in [5, 5.41) is 10.2. The van der Waals surface area contributed by atoms with Crippen molar-refractivity contribution in [1.82, 2.24) is 25.0 Å². The third-order valence-corrected chi connectivity index (χ3v) is 4.99. The number of amides is 2. The van der Waals surface area contributed by atoms with Crippen molar-refractivity contribution < 1.29 is 9.59 Å². The summed E-state index contributed by atoms with van der Waals surface area (Å²) in [5.41, 5.74) is 0. The number of hydrogen-bond acceptors (Lipinski definition) is 5. The molecule has 0 bridgehead atoms. The third kappa shape index (κ3) is 5.52. The Hall–Kier alpha value is -1.96. The van der Waals surface area contributed by atoms with E-state index in [0.717, 1.165) is 51.9 Å². The molecule has 3 heterocycles. The lowest BCUT2D eigenvalue weighted by atomic mass is 10.0. The standard InChI is InChI=1S/C17H28N6O2/c24-15(6-5-14-7-8-18-11-14)20-17-19-13-23(21-17)12-16(25)22-9-3-1-2-4-10-22/h13-14,18H,1-12H2,(H,20,21,24). The first-order valence-corrected chi connectivity index (χ1v) is 9.38. The second-order valence-corrected chi connectivity index (χ2v) is 7.01. The number of likely N-dealkylation sites (tertiary alicyclic amines) is 1. The molecule has 2 aliphatic rings. The first kappa shape index (κ1) is 17.8. The van der Waals surface area contributed by atoms with Crippen molar-refractivity contribution >= 4 is 17.8 Å². The quantitative estimate of drug-likeness (QED) is 0.800. The molecule has 0 spiro atoms. The second kappa shape index (κ2) is 8.94. The summed E-state index contributed by atoms with van der Waals surface area (Å²) in [6.45, 7) is 3.87. The van der Waals surface area contributed by atoms with Gasteiger partial charge in [0.2, 0.25) is 17.8 Å². The van der Waals surface area contributed by atoms with Crippen LogP contribution in [0.5, 0.6) is 0 Å². The van der Waals surface area contributed by atoms with Gasteiger partial charge in [0.05, 0.1) is 0 Å². The zero-order chi connectivity index (χ0) is 17.5. The van der Waals surface area contributed by atoms with Crippen LogP contribution in [-0.2, 0) is 16.1 Å². The molecule has 0 aliphatic carbocycles. The van der Waals surface area contributed by atoms with E-state index in [0.29, 0.717) is 12.3 Å². The van der Waals surface area contributed by atoms with Crippen molar-refractivity contribution in [1.29, 1.82) is 0 Å². The van der Waals surface area contributed by atoms with Crippen molar-refractivity contribution in [3.05, 3.63) is 6.33 Å². The number of nitrogens with one attached hydrogen (secondary N) is 2. The molecule has 3 rings (SSSR count). The fourth-order valence-corrected chi connectivity index (χ4v) is 3.47. The zero-order valence-electron chi connectivity index (χ0n) is 14.7. The summed E-state index contributed by atoms with van der Waals surface area (Å²) < 4.78 is 1.50. The van der Waals surface area contributed by atoms with Gasteiger partial charge in [-0.25, -0.2) is 9.67 Å². The van der Waals surface area contributed by atoms with Gasteiger partial charge < -0.3 is 10.2 Å². The average molecular weight is 348 g/mol. The first-order valence-electron chi connectivity index (χ1n) is 9.38. The molecule has 2 aliphatic heterocycles. The van der Waals surface area contributed by atoms with Crippen LogP contribution in [0.25, 0.3) is 0 Å². The highest BCUT2D eigenvalue weighted by atomic mass is 16.2. The topological polar surface area (TPSA) is 92.2 Å². The molecule has 1 aromatic rings. The molecule has 8 nitrogen and oxygen atoms in total. The van der Waals surface area contributed by atoms with E-state index in [1.54, 1.807) is 0 Å². The van der Waals surface area contributed by atoms with Crippen molar-refractivity contribution in [3.8, 4) is 0 Å². The fourth-order valence-electron chi connectivity index (χ4n) is 3.47. The lowest BCUT2D eigenvalue weighted by Crippen LogP contribution is -2.34. The van der Waals surface area contributed by atoms with E-state index in [4.69, 9.17) is 0 Å². The van der Waals surface area contributed by atoms with Crippen molar-refractivity contribution in [3.63, 3.8) is 0 Å². The molecule has 1 unspecified atom stereocenters. The van der Waals surface area contributed by atoms with Crippen LogP contribution in [0.1, 0.15) is 44.9 Å². The van der Waals surface area contributed by atoms with E-state index in [1.807, 2.05) is 4.90 Å². The number of aromatic nitrogens is 3. The van der Waals surface area contributed by atoms with Crippen molar-refractivity contribution in [2.75, 3.05) is 31.5 Å². The molecule has 2 saturated heterocycles. The number of carbonyl (C=O) groups is 2. The minimum absolute atomic E-state index is 0.0662. The van der Waals surface area contributed by atoms with Gasteiger partial charge in [-0.15, -0.1) is 5.10 Å². The highest BCUT2D eigenvalue weighted by Crippen LogP contribution is 2.14. The molecule has 0 radical (unpaired) electrons. The van der Waals surface area contributed by atoms with Crippen LogP contribution in [0, 0.1) is 5.92 Å². The number of carbonyl (C=O) groups excluding carboxylic acids is 2. The Balaban J connectivity index is 1.43. The summed E-state index contributed by atoms with van der Waals surface area (Å²) >= 11 is 0. The Labute approximate surface area is 148 Å². The first-order chi connectivity index (χ1) is 12.2. The summed E-state index contributed by atoms with van der Waals surface area (Å²) in [6, 6.07) is 0. The van der Waals surface area contributed by atoms with Crippen LogP contribution in [0.3, 0.4) is 0 Å². The van der Waals surface area contributed by atoms with Gasteiger partial charge in [-0.3, -0.25) is 14.9 Å². The van der Waals surface area contributed by atoms with Gasteiger partial charge in [-0.05, 0) is 44.7 Å². The van der Waals surface area contributed by atoms with Gasteiger partial charge in [-0.2, -0.15) is 0 Å². The van der Waals surface area contributed by atoms with Crippen LogP contribution in [0.15, 0.2) is 6.33 Å². The van der Waals surface area contributed by atoms with Crippen molar-refractivity contribution in [2.24, 2.45) is 5.92 Å². The summed E-state index contributed by atoms with van der Waals surface area (Å²) in [4.78, 5) is 30.3. The lowest BCUT2D eigenvalue weighted by Gasteiger charge is -2.19. The Morgan fingerprint density at radius 1 is 1.24 bits per heavy atom. The Kier molecular flexibility index (Phi) is 6.38. The Morgan fingerprint density at radius 3 is 2.76 bits per heavy atom. The van der Waals surface area contributed by atoms with E-state index in [1.165, 1.54) is 23.9 Å². The number of nitrogens with zero attached hydrogens (tertiary/aromatic N) is 4. The molecule has 25 heavy (non-hydrogen) atoms. The molecule has 2 amide bonds. The maximum atomic E-state index is 12.3. The van der Waals surface area contributed by atoms with Crippen LogP contribution in [-0.4, -0.2) is 57.7 Å². The highest BCUT2D eigenvalue weighted by Gasteiger charge is 2.18. The van der Waals surface area contributed by atoms with E-state index in [2.05, 4.69) is 20.7 Å². The number of rotatable bonds is 6. The lowest BCUT2D eigenvalue weighted by molar-refractivity contribution is -0.132. The third-order valence-electron chi connectivity index (χ3n) is 4.99. The molecule has 1 aromatic heterocycles. The summed E-state index contributed by atoms with van der Waals surface area (Å²) in [5.74, 6) is 0.864. The highest BCUT2D eigenvalue weighted by molar-refractivity contribution is 5.88. The number of anilines is 1. The summed E-state index contributed by atoms with van der Waals surface area (Å²) in [7, 11) is 0. The van der Waals surface area contributed by atoms with Gasteiger partial charge in [0.15, 0.2) is 0 Å². The predicted octanol–water partition coefficient (Wildman–Crippen LogP) is 1.01. The van der Waals surface area contributed by atoms with Crippen LogP contribution in [0.2, 0.25) is 0 Å². The Bertz CT molecular complexity index is 573. The monoisotopic (exact) mass is 348 g/mol. The predicted molar refractivity (Wildman–Crippen MR) is 93.9 cm³/mol. The maximum Gasteiger partial charge on any atom is 0.248 e. The molecular weight excluding hydrogens is 320 g/mol. The Morgan fingerprint density at radius 2 is 2.04 bits per heavy atom. The van der Waals surface area contributed by atoms with Gasteiger partial charge >= 0.3 is 0 Å². The van der Waals surface area contributed by atoms with E-state index >= 15 is 0 Å².